The van der Waals surface area contributed by atoms with Gasteiger partial charge in [0.05, 0.1) is 0 Å². The molecule has 1 aliphatic heterocycles. The number of anilines is 1. The van der Waals surface area contributed by atoms with E-state index in [0.717, 1.165) is 5.69 Å². The average molecular weight is 303 g/mol. The number of phenols is 1. The molecule has 0 radical (unpaired) electrons. The fraction of sp³-hybridized carbons (Fsp3) is 0.600. The van der Waals surface area contributed by atoms with Crippen molar-refractivity contribution in [1.29, 1.82) is 0 Å². The van der Waals surface area contributed by atoms with E-state index in [2.05, 4.69) is 0 Å². The summed E-state index contributed by atoms with van der Waals surface area (Å²) >= 11 is 0. The van der Waals surface area contributed by atoms with Gasteiger partial charge in [-0.2, -0.15) is 13.2 Å². The van der Waals surface area contributed by atoms with Crippen LogP contribution in [0.1, 0.15) is 26.2 Å². The Morgan fingerprint density at radius 2 is 1.76 bits per heavy atom. The number of halogens is 3. The minimum Gasteiger partial charge on any atom is -0.508 e. The van der Waals surface area contributed by atoms with Gasteiger partial charge < -0.3 is 14.7 Å². The lowest BCUT2D eigenvalue weighted by Crippen LogP contribution is -2.55. The van der Waals surface area contributed by atoms with Crippen molar-refractivity contribution in [3.05, 3.63) is 24.3 Å². The predicted octanol–water partition coefficient (Wildman–Crippen LogP) is 3.72. The smallest absolute Gasteiger partial charge is 0.417 e. The molecule has 1 heterocycles. The Bertz CT molecular complexity index is 451. The first kappa shape index (κ1) is 15.9. The van der Waals surface area contributed by atoms with Crippen LogP contribution in [0.2, 0.25) is 0 Å². The molecular formula is C15H20F3NO2. The minimum absolute atomic E-state index is 0.0720. The Kier molecular flexibility index (Phi) is 4.66. The van der Waals surface area contributed by atoms with E-state index in [4.69, 9.17) is 4.74 Å². The molecule has 0 spiro atoms. The van der Waals surface area contributed by atoms with Gasteiger partial charge in [-0.05, 0) is 30.7 Å². The number of hydrogen-bond donors (Lipinski definition) is 1. The lowest BCUT2D eigenvalue weighted by molar-refractivity contribution is -0.284. The fourth-order valence-corrected chi connectivity index (χ4v) is 2.60. The van der Waals surface area contributed by atoms with E-state index in [-0.39, 0.29) is 38.3 Å². The van der Waals surface area contributed by atoms with Crippen LogP contribution in [0.3, 0.4) is 0 Å². The highest BCUT2D eigenvalue weighted by Gasteiger charge is 2.56. The van der Waals surface area contributed by atoms with Crippen LogP contribution in [-0.4, -0.2) is 36.6 Å². The van der Waals surface area contributed by atoms with Crippen molar-refractivity contribution in [2.75, 3.05) is 24.6 Å². The van der Waals surface area contributed by atoms with Crippen LogP contribution in [0.4, 0.5) is 18.9 Å². The van der Waals surface area contributed by atoms with E-state index in [1.807, 2.05) is 4.90 Å². The fourth-order valence-electron chi connectivity index (χ4n) is 2.60. The van der Waals surface area contributed by atoms with Crippen molar-refractivity contribution in [2.24, 2.45) is 0 Å². The highest BCUT2D eigenvalue weighted by Crippen LogP contribution is 2.42. The van der Waals surface area contributed by atoms with Crippen molar-refractivity contribution in [1.82, 2.24) is 0 Å². The second-order valence-electron chi connectivity index (χ2n) is 5.34. The molecule has 0 bridgehead atoms. The number of alkyl halides is 3. The van der Waals surface area contributed by atoms with Gasteiger partial charge in [0.25, 0.3) is 0 Å². The summed E-state index contributed by atoms with van der Waals surface area (Å²) in [5, 5.41) is 9.25. The van der Waals surface area contributed by atoms with E-state index in [1.165, 1.54) is 12.1 Å². The number of rotatable bonds is 4. The SMILES string of the molecule is CCCOC1(C(F)(F)F)CCN(c2ccc(O)cc2)CC1. The van der Waals surface area contributed by atoms with Crippen LogP contribution >= 0.6 is 0 Å². The van der Waals surface area contributed by atoms with Gasteiger partial charge in [-0.15, -0.1) is 0 Å². The highest BCUT2D eigenvalue weighted by molar-refractivity contribution is 5.49. The largest absolute Gasteiger partial charge is 0.508 e. The van der Waals surface area contributed by atoms with E-state index >= 15 is 0 Å². The molecule has 118 valence electrons. The molecule has 0 unspecified atom stereocenters. The predicted molar refractivity (Wildman–Crippen MR) is 74.6 cm³/mol. The highest BCUT2D eigenvalue weighted by atomic mass is 19.4. The number of hydrogen-bond acceptors (Lipinski definition) is 3. The molecule has 1 aliphatic rings. The van der Waals surface area contributed by atoms with Gasteiger partial charge in [0.1, 0.15) is 5.75 Å². The molecule has 3 nitrogen and oxygen atoms in total. The standard InChI is InChI=1S/C15H20F3NO2/c1-2-11-21-14(15(16,17)18)7-9-19(10-8-14)12-3-5-13(20)6-4-12/h3-6,20H,2,7-11H2,1H3. The third kappa shape index (κ3) is 3.43. The molecule has 0 atom stereocenters. The molecule has 1 aromatic rings. The van der Waals surface area contributed by atoms with Crippen LogP contribution in [-0.2, 0) is 4.74 Å². The summed E-state index contributed by atoms with van der Waals surface area (Å²) in [4.78, 5) is 1.89. The number of phenolic OH excluding ortho intramolecular Hbond substituents is 1. The summed E-state index contributed by atoms with van der Waals surface area (Å²) in [5.41, 5.74) is -1.20. The summed E-state index contributed by atoms with van der Waals surface area (Å²) in [5.74, 6) is 0.145. The topological polar surface area (TPSA) is 32.7 Å². The zero-order valence-electron chi connectivity index (χ0n) is 12.0. The Hall–Kier alpha value is -1.43. The van der Waals surface area contributed by atoms with Crippen molar-refractivity contribution in [2.45, 2.75) is 38.0 Å². The number of aromatic hydroxyl groups is 1. The second-order valence-corrected chi connectivity index (χ2v) is 5.34. The summed E-state index contributed by atoms with van der Waals surface area (Å²) in [6, 6.07) is 6.49. The number of ether oxygens (including phenoxy) is 1. The van der Waals surface area contributed by atoms with Gasteiger partial charge in [0.15, 0.2) is 5.60 Å². The van der Waals surface area contributed by atoms with Gasteiger partial charge in [-0.3, -0.25) is 0 Å². The van der Waals surface area contributed by atoms with Gasteiger partial charge in [0.2, 0.25) is 0 Å². The molecule has 0 aliphatic carbocycles. The van der Waals surface area contributed by atoms with Crippen molar-refractivity contribution < 1.29 is 23.0 Å². The monoisotopic (exact) mass is 303 g/mol. The third-order valence-corrected chi connectivity index (χ3v) is 3.89. The molecule has 1 aromatic carbocycles. The first-order chi connectivity index (χ1) is 9.88. The minimum atomic E-state index is -4.34. The van der Waals surface area contributed by atoms with E-state index in [0.29, 0.717) is 6.42 Å². The van der Waals surface area contributed by atoms with Crippen LogP contribution in [0.5, 0.6) is 5.75 Å². The molecular weight excluding hydrogens is 283 g/mol. The van der Waals surface area contributed by atoms with Crippen molar-refractivity contribution >= 4 is 5.69 Å². The molecule has 0 saturated carbocycles. The maximum atomic E-state index is 13.3. The number of nitrogens with zero attached hydrogens (tertiary/aromatic N) is 1. The van der Waals surface area contributed by atoms with Crippen LogP contribution in [0.15, 0.2) is 24.3 Å². The molecule has 2 rings (SSSR count). The van der Waals surface area contributed by atoms with E-state index in [9.17, 15) is 18.3 Å². The first-order valence-corrected chi connectivity index (χ1v) is 7.12. The van der Waals surface area contributed by atoms with Gasteiger partial charge in [-0.1, -0.05) is 6.92 Å². The molecule has 6 heteroatoms. The zero-order valence-corrected chi connectivity index (χ0v) is 12.0. The number of piperidine rings is 1. The van der Waals surface area contributed by atoms with Crippen molar-refractivity contribution in [3.8, 4) is 5.75 Å². The van der Waals surface area contributed by atoms with Gasteiger partial charge >= 0.3 is 6.18 Å². The average Bonchev–Trinajstić information content (AvgIpc) is 2.45. The maximum Gasteiger partial charge on any atom is 0.417 e. The van der Waals surface area contributed by atoms with Crippen LogP contribution in [0.25, 0.3) is 0 Å². The maximum absolute atomic E-state index is 13.3. The summed E-state index contributed by atoms with van der Waals surface area (Å²) in [6.07, 6.45) is -3.92. The molecule has 1 fully saturated rings. The molecule has 0 amide bonds. The Balaban J connectivity index is 2.07. The van der Waals surface area contributed by atoms with Crippen LogP contribution < -0.4 is 4.90 Å². The molecule has 0 aromatic heterocycles. The van der Waals surface area contributed by atoms with E-state index < -0.39 is 11.8 Å². The zero-order chi connectivity index (χ0) is 15.5. The third-order valence-electron chi connectivity index (χ3n) is 3.89. The Morgan fingerprint density at radius 3 is 2.24 bits per heavy atom. The molecule has 1 N–H and O–H groups in total. The quantitative estimate of drug-likeness (QED) is 0.920. The van der Waals surface area contributed by atoms with Gasteiger partial charge in [-0.25, -0.2) is 0 Å². The summed E-state index contributed by atoms with van der Waals surface area (Å²) in [6.45, 7) is 2.50. The molecule has 21 heavy (non-hydrogen) atoms. The normalized spacial score (nSPS) is 18.8. The Morgan fingerprint density at radius 1 is 1.19 bits per heavy atom. The van der Waals surface area contributed by atoms with Gasteiger partial charge in [0, 0.05) is 38.2 Å². The summed E-state index contributed by atoms with van der Waals surface area (Å²) < 4.78 is 45.2. The van der Waals surface area contributed by atoms with Crippen LogP contribution in [0, 0.1) is 0 Å². The van der Waals surface area contributed by atoms with E-state index in [1.54, 1.807) is 19.1 Å². The lowest BCUT2D eigenvalue weighted by atomic mass is 9.90. The number of benzene rings is 1. The van der Waals surface area contributed by atoms with Crippen molar-refractivity contribution in [3.63, 3.8) is 0 Å². The summed E-state index contributed by atoms with van der Waals surface area (Å²) in [7, 11) is 0. The Labute approximate surface area is 122 Å². The second kappa shape index (κ2) is 6.13. The lowest BCUT2D eigenvalue weighted by Gasteiger charge is -2.43. The first-order valence-electron chi connectivity index (χ1n) is 7.12. The molecule has 1 saturated heterocycles.